The molecule has 0 bridgehead atoms. The summed E-state index contributed by atoms with van der Waals surface area (Å²) in [5, 5.41) is 6.76. The van der Waals surface area contributed by atoms with Crippen LogP contribution in [0.3, 0.4) is 0 Å². The second-order valence-electron chi connectivity index (χ2n) is 6.87. The number of para-hydroxylation sites is 1. The van der Waals surface area contributed by atoms with Crippen LogP contribution in [-0.4, -0.2) is 47.6 Å². The average molecular weight is 487 g/mol. The minimum atomic E-state index is -0.260. The van der Waals surface area contributed by atoms with E-state index < -0.39 is 0 Å². The lowest BCUT2D eigenvalue weighted by Crippen LogP contribution is -2.34. The number of aryl methyl sites for hydroxylation is 1. The summed E-state index contributed by atoms with van der Waals surface area (Å²) in [5.74, 6) is 1.32. The Bertz CT molecular complexity index is 1040. The fourth-order valence-electron chi connectivity index (χ4n) is 2.85. The highest BCUT2D eigenvalue weighted by Crippen LogP contribution is 2.21. The van der Waals surface area contributed by atoms with Crippen LogP contribution in [0.25, 0.3) is 11.4 Å². The first kappa shape index (κ1) is 22.5. The Morgan fingerprint density at radius 3 is 2.61 bits per heavy atom. The number of nitrogens with zero attached hydrogens (tertiary/aromatic N) is 3. The largest absolute Gasteiger partial charge is 0.497 e. The van der Waals surface area contributed by atoms with E-state index in [1.165, 1.54) is 4.90 Å². The molecule has 0 spiro atoms. The van der Waals surface area contributed by atoms with Gasteiger partial charge in [-0.25, -0.2) is 0 Å². The highest BCUT2D eigenvalue weighted by atomic mass is 79.9. The molecule has 1 aromatic heterocycles. The van der Waals surface area contributed by atoms with Crippen molar-refractivity contribution < 1.29 is 18.8 Å². The Kier molecular flexibility index (Phi) is 7.77. The number of anilines is 1. The van der Waals surface area contributed by atoms with Crippen LogP contribution in [0, 0.1) is 0 Å². The molecule has 0 saturated heterocycles. The maximum Gasteiger partial charge on any atom is 0.244 e. The van der Waals surface area contributed by atoms with Gasteiger partial charge in [0.2, 0.25) is 23.5 Å². The maximum atomic E-state index is 12.3. The summed E-state index contributed by atoms with van der Waals surface area (Å²) in [6, 6.07) is 14.7. The van der Waals surface area contributed by atoms with Crippen LogP contribution in [0.1, 0.15) is 18.7 Å². The molecule has 1 N–H and O–H groups in total. The lowest BCUT2D eigenvalue weighted by Gasteiger charge is -2.17. The molecule has 0 aliphatic heterocycles. The molecule has 162 valence electrons. The minimum absolute atomic E-state index is 0.0255. The first-order valence-corrected chi connectivity index (χ1v) is 10.5. The summed E-state index contributed by atoms with van der Waals surface area (Å²) >= 11 is 3.38. The third-order valence-electron chi connectivity index (χ3n) is 4.55. The van der Waals surface area contributed by atoms with Gasteiger partial charge in [0.05, 0.1) is 19.3 Å². The zero-order valence-corrected chi connectivity index (χ0v) is 18.9. The van der Waals surface area contributed by atoms with Crippen molar-refractivity contribution in [3.63, 3.8) is 0 Å². The standard InChI is InChI=1S/C22H23BrN4O4/c1-27(14-19(28)24-18-7-4-3-6-17(18)23)21(29)9-5-8-20-25-22(26-31-20)15-10-12-16(30-2)13-11-15/h3-4,6-7,10-13H,5,8-9,14H2,1-2H3,(H,24,28). The molecule has 0 aliphatic rings. The normalized spacial score (nSPS) is 10.5. The zero-order valence-electron chi connectivity index (χ0n) is 17.3. The Balaban J connectivity index is 1.43. The van der Waals surface area contributed by atoms with Crippen molar-refractivity contribution in [1.82, 2.24) is 15.0 Å². The summed E-state index contributed by atoms with van der Waals surface area (Å²) < 4.78 is 11.2. The van der Waals surface area contributed by atoms with Crippen LogP contribution in [-0.2, 0) is 16.0 Å². The van der Waals surface area contributed by atoms with Crippen LogP contribution < -0.4 is 10.1 Å². The van der Waals surface area contributed by atoms with Gasteiger partial charge < -0.3 is 19.5 Å². The van der Waals surface area contributed by atoms with Gasteiger partial charge in [0.1, 0.15) is 5.75 Å². The number of benzene rings is 2. The summed E-state index contributed by atoms with van der Waals surface area (Å²) in [4.78, 5) is 30.3. The lowest BCUT2D eigenvalue weighted by atomic mass is 10.2. The Morgan fingerprint density at radius 2 is 1.90 bits per heavy atom. The van der Waals surface area contributed by atoms with Crippen molar-refractivity contribution in [3.8, 4) is 17.1 Å². The van der Waals surface area contributed by atoms with E-state index in [9.17, 15) is 9.59 Å². The van der Waals surface area contributed by atoms with E-state index in [0.717, 1.165) is 15.8 Å². The number of rotatable bonds is 9. The van der Waals surface area contributed by atoms with E-state index in [0.29, 0.717) is 30.2 Å². The predicted octanol–water partition coefficient (Wildman–Crippen LogP) is 3.93. The molecule has 0 aliphatic carbocycles. The molecule has 0 saturated carbocycles. The Hall–Kier alpha value is -3.20. The van der Waals surface area contributed by atoms with Crippen molar-refractivity contribution >= 4 is 33.4 Å². The number of amides is 2. The highest BCUT2D eigenvalue weighted by molar-refractivity contribution is 9.10. The van der Waals surface area contributed by atoms with Crippen molar-refractivity contribution in [3.05, 3.63) is 58.9 Å². The molecular formula is C22H23BrN4O4. The molecule has 3 aromatic rings. The second-order valence-corrected chi connectivity index (χ2v) is 7.73. The van der Waals surface area contributed by atoms with Crippen LogP contribution in [0.2, 0.25) is 0 Å². The maximum absolute atomic E-state index is 12.3. The molecule has 2 amide bonds. The third kappa shape index (κ3) is 6.39. The van der Waals surface area contributed by atoms with Gasteiger partial charge in [0, 0.05) is 29.9 Å². The molecule has 9 heteroatoms. The van der Waals surface area contributed by atoms with E-state index in [2.05, 4.69) is 31.4 Å². The monoisotopic (exact) mass is 486 g/mol. The number of aromatic nitrogens is 2. The van der Waals surface area contributed by atoms with Crippen LogP contribution in [0.5, 0.6) is 5.75 Å². The molecular weight excluding hydrogens is 464 g/mol. The van der Waals surface area contributed by atoms with Gasteiger partial charge in [-0.05, 0) is 58.7 Å². The molecule has 8 nitrogen and oxygen atoms in total. The van der Waals surface area contributed by atoms with Gasteiger partial charge in [-0.2, -0.15) is 4.98 Å². The number of carbonyl (C=O) groups is 2. The number of methoxy groups -OCH3 is 1. The van der Waals surface area contributed by atoms with E-state index in [1.807, 2.05) is 42.5 Å². The Labute approximate surface area is 188 Å². The first-order valence-electron chi connectivity index (χ1n) is 9.71. The summed E-state index contributed by atoms with van der Waals surface area (Å²) in [5.41, 5.74) is 1.49. The third-order valence-corrected chi connectivity index (χ3v) is 5.24. The van der Waals surface area contributed by atoms with E-state index in [-0.39, 0.29) is 24.8 Å². The van der Waals surface area contributed by atoms with Gasteiger partial charge in [-0.3, -0.25) is 9.59 Å². The quantitative estimate of drug-likeness (QED) is 0.491. The number of hydrogen-bond donors (Lipinski definition) is 1. The molecule has 2 aromatic carbocycles. The van der Waals surface area contributed by atoms with Gasteiger partial charge in [-0.15, -0.1) is 0 Å². The lowest BCUT2D eigenvalue weighted by molar-refractivity contribution is -0.133. The van der Waals surface area contributed by atoms with Crippen molar-refractivity contribution in [2.24, 2.45) is 0 Å². The van der Waals surface area contributed by atoms with Crippen LogP contribution in [0.4, 0.5) is 5.69 Å². The molecule has 0 radical (unpaired) electrons. The Morgan fingerprint density at radius 1 is 1.16 bits per heavy atom. The van der Waals surface area contributed by atoms with Gasteiger partial charge in [0.25, 0.3) is 0 Å². The fourth-order valence-corrected chi connectivity index (χ4v) is 3.24. The van der Waals surface area contributed by atoms with Gasteiger partial charge in [-0.1, -0.05) is 17.3 Å². The number of likely N-dealkylation sites (N-methyl/N-ethyl adjacent to an activating group) is 1. The average Bonchev–Trinajstić information content (AvgIpc) is 3.24. The minimum Gasteiger partial charge on any atom is -0.497 e. The first-order chi connectivity index (χ1) is 15.0. The highest BCUT2D eigenvalue weighted by Gasteiger charge is 2.15. The van der Waals surface area contributed by atoms with E-state index in [1.54, 1.807) is 20.2 Å². The summed E-state index contributed by atoms with van der Waals surface area (Å²) in [7, 11) is 3.21. The van der Waals surface area contributed by atoms with Crippen LogP contribution >= 0.6 is 15.9 Å². The smallest absolute Gasteiger partial charge is 0.244 e. The number of hydrogen-bond acceptors (Lipinski definition) is 6. The SMILES string of the molecule is COc1ccc(-c2noc(CCCC(=O)N(C)CC(=O)Nc3ccccc3Br)n2)cc1. The molecule has 0 unspecified atom stereocenters. The molecule has 3 rings (SSSR count). The number of halogens is 1. The fraction of sp³-hybridized carbons (Fsp3) is 0.273. The molecule has 0 fully saturated rings. The van der Waals surface area contributed by atoms with Crippen molar-refractivity contribution in [2.45, 2.75) is 19.3 Å². The van der Waals surface area contributed by atoms with Gasteiger partial charge in [0.15, 0.2) is 0 Å². The zero-order chi connectivity index (χ0) is 22.2. The summed E-state index contributed by atoms with van der Waals surface area (Å²) in [6.45, 7) is -0.0255. The van der Waals surface area contributed by atoms with E-state index in [4.69, 9.17) is 9.26 Å². The molecule has 1 heterocycles. The summed E-state index contributed by atoms with van der Waals surface area (Å²) in [6.07, 6.45) is 1.30. The second kappa shape index (κ2) is 10.7. The van der Waals surface area contributed by atoms with Crippen LogP contribution in [0.15, 0.2) is 57.5 Å². The number of carbonyl (C=O) groups excluding carboxylic acids is 2. The molecule has 31 heavy (non-hydrogen) atoms. The number of ether oxygens (including phenoxy) is 1. The topological polar surface area (TPSA) is 97.6 Å². The van der Waals surface area contributed by atoms with Crippen molar-refractivity contribution in [1.29, 1.82) is 0 Å². The van der Waals surface area contributed by atoms with Gasteiger partial charge >= 0.3 is 0 Å². The predicted molar refractivity (Wildman–Crippen MR) is 120 cm³/mol. The van der Waals surface area contributed by atoms with E-state index >= 15 is 0 Å². The van der Waals surface area contributed by atoms with Crippen molar-refractivity contribution in [2.75, 3.05) is 26.0 Å². The number of nitrogens with one attached hydrogen (secondary N) is 1. The molecule has 0 atom stereocenters.